The van der Waals surface area contributed by atoms with Gasteiger partial charge in [0, 0.05) is 12.2 Å². The van der Waals surface area contributed by atoms with Crippen molar-refractivity contribution in [2.45, 2.75) is 12.8 Å². The monoisotopic (exact) mass is 257 g/mol. The molecule has 0 amide bonds. The van der Waals surface area contributed by atoms with Crippen molar-refractivity contribution >= 4 is 5.69 Å². The highest BCUT2D eigenvalue weighted by Crippen LogP contribution is 2.14. The van der Waals surface area contributed by atoms with E-state index in [1.165, 1.54) is 19.4 Å². The lowest BCUT2D eigenvalue weighted by Gasteiger charge is -2.23. The average Bonchev–Trinajstić information content (AvgIpc) is 3.01. The van der Waals surface area contributed by atoms with Gasteiger partial charge in [0.05, 0.1) is 18.1 Å². The van der Waals surface area contributed by atoms with E-state index in [2.05, 4.69) is 33.0 Å². The molecular formula is C14H19N5. The minimum absolute atomic E-state index is 0.737. The van der Waals surface area contributed by atoms with Crippen LogP contribution in [0.4, 0.5) is 5.69 Å². The standard InChI is InChI=1S/C14H19N5/c1-2-12(10-15-7-1)11-16-13-3-5-14(6-4-13)19-17-8-9-18-19/h3-6,8-9,12,15-16H,1-2,7,10-11H2. The van der Waals surface area contributed by atoms with Crippen molar-refractivity contribution in [3.8, 4) is 5.69 Å². The van der Waals surface area contributed by atoms with E-state index in [1.807, 2.05) is 12.1 Å². The average molecular weight is 257 g/mol. The number of hydrogen-bond donors (Lipinski definition) is 2. The maximum absolute atomic E-state index is 4.11. The fourth-order valence-corrected chi connectivity index (χ4v) is 2.42. The number of aromatic nitrogens is 3. The van der Waals surface area contributed by atoms with Gasteiger partial charge < -0.3 is 10.6 Å². The molecule has 1 aliphatic rings. The minimum Gasteiger partial charge on any atom is -0.385 e. The van der Waals surface area contributed by atoms with Gasteiger partial charge in [-0.05, 0) is 56.1 Å². The van der Waals surface area contributed by atoms with Crippen LogP contribution in [0.1, 0.15) is 12.8 Å². The first-order valence-electron chi connectivity index (χ1n) is 6.83. The molecule has 1 aromatic heterocycles. The molecule has 2 N–H and O–H groups in total. The molecule has 1 saturated heterocycles. The van der Waals surface area contributed by atoms with Crippen LogP contribution in [0.3, 0.4) is 0 Å². The lowest BCUT2D eigenvalue weighted by Crippen LogP contribution is -2.33. The Hall–Kier alpha value is -1.88. The van der Waals surface area contributed by atoms with Crippen molar-refractivity contribution < 1.29 is 0 Å². The summed E-state index contributed by atoms with van der Waals surface area (Å²) in [7, 11) is 0. The Labute approximate surface area is 113 Å². The van der Waals surface area contributed by atoms with Gasteiger partial charge in [-0.3, -0.25) is 0 Å². The number of nitrogens with zero attached hydrogens (tertiary/aromatic N) is 3. The maximum atomic E-state index is 4.11. The Balaban J connectivity index is 1.57. The smallest absolute Gasteiger partial charge is 0.0858 e. The van der Waals surface area contributed by atoms with E-state index in [9.17, 15) is 0 Å². The van der Waals surface area contributed by atoms with Gasteiger partial charge in [0.2, 0.25) is 0 Å². The van der Waals surface area contributed by atoms with E-state index in [0.717, 1.165) is 30.4 Å². The van der Waals surface area contributed by atoms with Gasteiger partial charge in [0.25, 0.3) is 0 Å². The number of benzene rings is 1. The molecule has 100 valence electrons. The fourth-order valence-electron chi connectivity index (χ4n) is 2.42. The predicted molar refractivity (Wildman–Crippen MR) is 75.4 cm³/mol. The number of rotatable bonds is 4. The van der Waals surface area contributed by atoms with E-state index in [-0.39, 0.29) is 0 Å². The molecule has 1 atom stereocenters. The first-order valence-corrected chi connectivity index (χ1v) is 6.83. The Kier molecular flexibility index (Phi) is 3.74. The van der Waals surface area contributed by atoms with Crippen LogP contribution < -0.4 is 10.6 Å². The quantitative estimate of drug-likeness (QED) is 0.875. The molecule has 1 aliphatic heterocycles. The zero-order valence-corrected chi connectivity index (χ0v) is 10.9. The van der Waals surface area contributed by atoms with Crippen molar-refractivity contribution in [1.29, 1.82) is 0 Å². The molecule has 0 aliphatic carbocycles. The number of anilines is 1. The second-order valence-corrected chi connectivity index (χ2v) is 4.96. The summed E-state index contributed by atoms with van der Waals surface area (Å²) in [4.78, 5) is 1.62. The molecule has 0 spiro atoms. The predicted octanol–water partition coefficient (Wildman–Crippen LogP) is 1.68. The van der Waals surface area contributed by atoms with E-state index < -0.39 is 0 Å². The third-order valence-electron chi connectivity index (χ3n) is 3.51. The van der Waals surface area contributed by atoms with Crippen molar-refractivity contribution in [2.24, 2.45) is 5.92 Å². The van der Waals surface area contributed by atoms with E-state index in [0.29, 0.717) is 0 Å². The molecule has 5 nitrogen and oxygen atoms in total. The summed E-state index contributed by atoms with van der Waals surface area (Å²) >= 11 is 0. The third-order valence-corrected chi connectivity index (χ3v) is 3.51. The molecule has 1 fully saturated rings. The molecular weight excluding hydrogens is 238 g/mol. The second-order valence-electron chi connectivity index (χ2n) is 4.96. The highest BCUT2D eigenvalue weighted by atomic mass is 15.5. The van der Waals surface area contributed by atoms with Crippen molar-refractivity contribution in [1.82, 2.24) is 20.3 Å². The molecule has 5 heteroatoms. The summed E-state index contributed by atoms with van der Waals surface area (Å²) in [6, 6.07) is 8.22. The Morgan fingerprint density at radius 3 is 2.68 bits per heavy atom. The largest absolute Gasteiger partial charge is 0.385 e. The number of nitrogens with one attached hydrogen (secondary N) is 2. The first kappa shape index (κ1) is 12.2. The molecule has 0 saturated carbocycles. The number of piperidine rings is 1. The van der Waals surface area contributed by atoms with Crippen molar-refractivity contribution in [3.63, 3.8) is 0 Å². The molecule has 0 radical (unpaired) electrons. The van der Waals surface area contributed by atoms with Gasteiger partial charge in [0.1, 0.15) is 0 Å². The van der Waals surface area contributed by atoms with Crippen LogP contribution in [0, 0.1) is 5.92 Å². The van der Waals surface area contributed by atoms with E-state index >= 15 is 0 Å². The molecule has 19 heavy (non-hydrogen) atoms. The highest BCUT2D eigenvalue weighted by molar-refractivity contribution is 5.48. The summed E-state index contributed by atoms with van der Waals surface area (Å²) < 4.78 is 0. The normalized spacial score (nSPS) is 19.3. The van der Waals surface area contributed by atoms with Crippen LogP contribution in [0.25, 0.3) is 5.69 Å². The van der Waals surface area contributed by atoms with Crippen molar-refractivity contribution in [2.75, 3.05) is 25.0 Å². The lowest BCUT2D eigenvalue weighted by atomic mass is 10.00. The first-order chi connectivity index (χ1) is 9.42. The van der Waals surface area contributed by atoms with E-state index in [1.54, 1.807) is 17.2 Å². The summed E-state index contributed by atoms with van der Waals surface area (Å²) in [5.74, 6) is 0.737. The molecule has 3 rings (SSSR count). The maximum Gasteiger partial charge on any atom is 0.0858 e. The van der Waals surface area contributed by atoms with Gasteiger partial charge in [-0.15, -0.1) is 0 Å². The minimum atomic E-state index is 0.737. The summed E-state index contributed by atoms with van der Waals surface area (Å²) in [5, 5.41) is 15.2. The van der Waals surface area contributed by atoms with Crippen LogP contribution in [-0.4, -0.2) is 34.6 Å². The molecule has 2 aromatic rings. The lowest BCUT2D eigenvalue weighted by molar-refractivity contribution is 0.393. The SMILES string of the molecule is c1cnn(-c2ccc(NCC3CCCNC3)cc2)n1. The van der Waals surface area contributed by atoms with Crippen LogP contribution in [-0.2, 0) is 0 Å². The van der Waals surface area contributed by atoms with Gasteiger partial charge in [-0.2, -0.15) is 15.0 Å². The number of hydrogen-bond acceptors (Lipinski definition) is 4. The zero-order chi connectivity index (χ0) is 12.9. The summed E-state index contributed by atoms with van der Waals surface area (Å²) in [6.07, 6.45) is 5.97. The zero-order valence-electron chi connectivity index (χ0n) is 10.9. The van der Waals surface area contributed by atoms with Gasteiger partial charge >= 0.3 is 0 Å². The summed E-state index contributed by atoms with van der Waals surface area (Å²) in [6.45, 7) is 3.33. The Morgan fingerprint density at radius 1 is 1.21 bits per heavy atom. The Morgan fingerprint density at radius 2 is 2.00 bits per heavy atom. The summed E-state index contributed by atoms with van der Waals surface area (Å²) in [5.41, 5.74) is 2.14. The Bertz CT molecular complexity index is 485. The van der Waals surface area contributed by atoms with Crippen molar-refractivity contribution in [3.05, 3.63) is 36.7 Å². The van der Waals surface area contributed by atoms with E-state index in [4.69, 9.17) is 0 Å². The second kappa shape index (κ2) is 5.84. The third kappa shape index (κ3) is 3.12. The van der Waals surface area contributed by atoms with Crippen LogP contribution in [0.15, 0.2) is 36.7 Å². The fraction of sp³-hybridized carbons (Fsp3) is 0.429. The van der Waals surface area contributed by atoms with Gasteiger partial charge in [0.15, 0.2) is 0 Å². The topological polar surface area (TPSA) is 54.8 Å². The molecule has 0 bridgehead atoms. The molecule has 1 aromatic carbocycles. The van der Waals surface area contributed by atoms with Gasteiger partial charge in [-0.1, -0.05) is 0 Å². The van der Waals surface area contributed by atoms with Crippen LogP contribution in [0.5, 0.6) is 0 Å². The van der Waals surface area contributed by atoms with Crippen LogP contribution in [0.2, 0.25) is 0 Å². The van der Waals surface area contributed by atoms with Gasteiger partial charge in [-0.25, -0.2) is 0 Å². The molecule has 2 heterocycles. The van der Waals surface area contributed by atoms with Crippen LogP contribution >= 0.6 is 0 Å². The highest BCUT2D eigenvalue weighted by Gasteiger charge is 2.12. The molecule has 1 unspecified atom stereocenters.